The summed E-state index contributed by atoms with van der Waals surface area (Å²) >= 11 is 11.5. The van der Waals surface area contributed by atoms with Crippen LogP contribution in [-0.2, 0) is 4.57 Å². The van der Waals surface area contributed by atoms with Crippen molar-refractivity contribution in [2.24, 2.45) is 0 Å². The zero-order chi connectivity index (χ0) is 16.0. The second kappa shape index (κ2) is 7.55. The zero-order valence-corrected chi connectivity index (χ0v) is 13.9. The average molecular weight is 355 g/mol. The highest BCUT2D eigenvalue weighted by atomic mass is 35.5. The Bertz CT molecular complexity index is 669. The Kier molecular flexibility index (Phi) is 5.73. The Balaban J connectivity index is 2.36. The van der Waals surface area contributed by atoms with E-state index < -0.39 is 7.60 Å². The number of rotatable bonds is 6. The first-order chi connectivity index (χ1) is 10.5. The lowest BCUT2D eigenvalue weighted by atomic mass is 10.3. The third kappa shape index (κ3) is 4.17. The second-order valence-electron chi connectivity index (χ2n) is 4.21. The third-order valence-electron chi connectivity index (χ3n) is 2.64. The van der Waals surface area contributed by atoms with Gasteiger partial charge in [-0.2, -0.15) is 0 Å². The number of allylic oxidation sites excluding steroid dienone is 2. The predicted molar refractivity (Wildman–Crippen MR) is 90.7 cm³/mol. The lowest BCUT2D eigenvalue weighted by Gasteiger charge is -2.21. The second-order valence-corrected chi connectivity index (χ2v) is 6.74. The maximum atomic E-state index is 13.1. The molecule has 0 aliphatic heterocycles. The average Bonchev–Trinajstić information content (AvgIpc) is 2.55. The molecule has 0 unspecified atom stereocenters. The van der Waals surface area contributed by atoms with Gasteiger partial charge in [0.05, 0.1) is 5.03 Å². The van der Waals surface area contributed by atoms with Gasteiger partial charge in [0.2, 0.25) is 0 Å². The molecular formula is C16H13Cl2O3P. The molecule has 0 aliphatic rings. The molecule has 0 radical (unpaired) electrons. The van der Waals surface area contributed by atoms with E-state index in [-0.39, 0.29) is 10.3 Å². The van der Waals surface area contributed by atoms with Crippen molar-refractivity contribution in [2.45, 2.75) is 0 Å². The van der Waals surface area contributed by atoms with Crippen LogP contribution in [0.25, 0.3) is 0 Å². The molecule has 0 atom stereocenters. The molecular weight excluding hydrogens is 342 g/mol. The number of para-hydroxylation sites is 2. The minimum Gasteiger partial charge on any atom is -0.413 e. The van der Waals surface area contributed by atoms with Crippen molar-refractivity contribution in [3.05, 3.63) is 83.1 Å². The first-order valence-electron chi connectivity index (χ1n) is 6.30. The molecule has 0 aliphatic carbocycles. The summed E-state index contributed by atoms with van der Waals surface area (Å²) in [6.45, 7) is 3.69. The predicted octanol–water partition coefficient (Wildman–Crippen LogP) is 6.17. The Morgan fingerprint density at radius 2 is 1.36 bits per heavy atom. The Labute approximate surface area is 139 Å². The molecule has 2 rings (SSSR count). The lowest BCUT2D eigenvalue weighted by molar-refractivity contribution is 0.395. The molecule has 0 amide bonds. The standard InChI is InChI=1S/C16H13Cl2O3P/c1-13(16(18)12-17)22(19,20-14-8-4-2-5-9-14)21-15-10-6-3-7-11-15/h2-12H,1H2. The molecule has 0 N–H and O–H groups in total. The molecule has 2 aromatic carbocycles. The van der Waals surface area contributed by atoms with Crippen LogP contribution >= 0.6 is 30.8 Å². The van der Waals surface area contributed by atoms with Gasteiger partial charge in [0.25, 0.3) is 0 Å². The lowest BCUT2D eigenvalue weighted by Crippen LogP contribution is -2.03. The summed E-state index contributed by atoms with van der Waals surface area (Å²) in [5.74, 6) is 0.754. The molecule has 0 heterocycles. The first-order valence-corrected chi connectivity index (χ1v) is 8.66. The molecule has 114 valence electrons. The minimum absolute atomic E-state index is 0.0110. The molecule has 6 heteroatoms. The minimum atomic E-state index is -3.81. The number of hydrogen-bond acceptors (Lipinski definition) is 3. The molecule has 0 spiro atoms. The Hall–Kier alpha value is -1.67. The summed E-state index contributed by atoms with van der Waals surface area (Å²) in [4.78, 5) is 0. The van der Waals surface area contributed by atoms with Crippen molar-refractivity contribution in [2.75, 3.05) is 0 Å². The van der Waals surface area contributed by atoms with Gasteiger partial charge in [-0.3, -0.25) is 0 Å². The fourth-order valence-corrected chi connectivity index (χ4v) is 3.46. The molecule has 0 fully saturated rings. The van der Waals surface area contributed by atoms with Crippen LogP contribution in [0.1, 0.15) is 0 Å². The summed E-state index contributed by atoms with van der Waals surface area (Å²) in [5.41, 5.74) is 1.07. The number of benzene rings is 2. The third-order valence-corrected chi connectivity index (χ3v) is 5.24. The van der Waals surface area contributed by atoms with Crippen molar-refractivity contribution in [3.63, 3.8) is 0 Å². The van der Waals surface area contributed by atoms with Crippen LogP contribution in [0.3, 0.4) is 0 Å². The molecule has 22 heavy (non-hydrogen) atoms. The normalized spacial score (nSPS) is 11.8. The largest absolute Gasteiger partial charge is 0.463 e. The highest BCUT2D eigenvalue weighted by molar-refractivity contribution is 7.59. The van der Waals surface area contributed by atoms with E-state index in [1.54, 1.807) is 48.5 Å². The Morgan fingerprint density at radius 1 is 0.955 bits per heavy atom. The van der Waals surface area contributed by atoms with Gasteiger partial charge in [-0.15, -0.1) is 0 Å². The summed E-state index contributed by atoms with van der Waals surface area (Å²) in [7, 11) is -3.81. The fourth-order valence-electron chi connectivity index (χ4n) is 1.56. The van der Waals surface area contributed by atoms with Crippen LogP contribution in [0.2, 0.25) is 0 Å². The monoisotopic (exact) mass is 354 g/mol. The number of halogens is 2. The molecule has 0 saturated carbocycles. The quantitative estimate of drug-likeness (QED) is 0.459. The van der Waals surface area contributed by atoms with Gasteiger partial charge in [-0.1, -0.05) is 66.2 Å². The highest BCUT2D eigenvalue weighted by Crippen LogP contribution is 2.57. The maximum Gasteiger partial charge on any atom is 0.463 e. The number of hydrogen-bond donors (Lipinski definition) is 0. The van der Waals surface area contributed by atoms with E-state index in [1.165, 1.54) is 0 Å². The zero-order valence-electron chi connectivity index (χ0n) is 11.5. The van der Waals surface area contributed by atoms with Gasteiger partial charge < -0.3 is 9.05 Å². The van der Waals surface area contributed by atoms with Crippen LogP contribution in [0.5, 0.6) is 11.5 Å². The van der Waals surface area contributed by atoms with Crippen LogP contribution in [-0.4, -0.2) is 0 Å². The van der Waals surface area contributed by atoms with Crippen LogP contribution in [0.15, 0.2) is 83.1 Å². The van der Waals surface area contributed by atoms with E-state index in [4.69, 9.17) is 32.2 Å². The van der Waals surface area contributed by atoms with Gasteiger partial charge in [0.15, 0.2) is 0 Å². The molecule has 3 nitrogen and oxygen atoms in total. The van der Waals surface area contributed by atoms with Crippen LogP contribution in [0, 0.1) is 0 Å². The highest BCUT2D eigenvalue weighted by Gasteiger charge is 2.34. The fraction of sp³-hybridized carbons (Fsp3) is 0. The topological polar surface area (TPSA) is 35.5 Å². The van der Waals surface area contributed by atoms with E-state index in [0.717, 1.165) is 5.54 Å². The summed E-state index contributed by atoms with van der Waals surface area (Å²) in [6.07, 6.45) is 0. The van der Waals surface area contributed by atoms with Crippen molar-refractivity contribution in [1.29, 1.82) is 0 Å². The van der Waals surface area contributed by atoms with Gasteiger partial charge in [0, 0.05) is 5.54 Å². The van der Waals surface area contributed by atoms with E-state index in [0.29, 0.717) is 11.5 Å². The van der Waals surface area contributed by atoms with Crippen molar-refractivity contribution >= 4 is 30.8 Å². The first kappa shape index (κ1) is 16.7. The van der Waals surface area contributed by atoms with E-state index in [1.807, 2.05) is 12.1 Å². The maximum absolute atomic E-state index is 13.1. The molecule has 0 saturated heterocycles. The van der Waals surface area contributed by atoms with Crippen LogP contribution in [0.4, 0.5) is 0 Å². The summed E-state index contributed by atoms with van der Waals surface area (Å²) < 4.78 is 24.2. The molecule has 0 bridgehead atoms. The van der Waals surface area contributed by atoms with Gasteiger partial charge >= 0.3 is 7.60 Å². The van der Waals surface area contributed by atoms with E-state index in [2.05, 4.69) is 6.58 Å². The van der Waals surface area contributed by atoms with Crippen molar-refractivity contribution in [1.82, 2.24) is 0 Å². The summed E-state index contributed by atoms with van der Waals surface area (Å²) in [5, 5.41) is -0.00580. The van der Waals surface area contributed by atoms with Crippen molar-refractivity contribution < 1.29 is 13.6 Å². The van der Waals surface area contributed by atoms with Crippen molar-refractivity contribution in [3.8, 4) is 11.5 Å². The van der Waals surface area contributed by atoms with Gasteiger partial charge in [0.1, 0.15) is 16.8 Å². The summed E-state index contributed by atoms with van der Waals surface area (Å²) in [6, 6.07) is 17.3. The molecule has 2 aromatic rings. The smallest absolute Gasteiger partial charge is 0.413 e. The van der Waals surface area contributed by atoms with E-state index in [9.17, 15) is 4.57 Å². The van der Waals surface area contributed by atoms with Crippen LogP contribution < -0.4 is 9.05 Å². The molecule has 0 aromatic heterocycles. The SMILES string of the molecule is C=C(C(Cl)=CCl)P(=O)(Oc1ccccc1)Oc1ccccc1. The van der Waals surface area contributed by atoms with Gasteiger partial charge in [-0.25, -0.2) is 4.57 Å². The Morgan fingerprint density at radius 3 is 1.73 bits per heavy atom. The van der Waals surface area contributed by atoms with Gasteiger partial charge in [-0.05, 0) is 24.3 Å². The van der Waals surface area contributed by atoms with E-state index >= 15 is 0 Å².